The number of benzene rings is 1. The Morgan fingerprint density at radius 1 is 1.40 bits per heavy atom. The molecule has 0 radical (unpaired) electrons. The lowest BCUT2D eigenvalue weighted by atomic mass is 10.1. The van der Waals surface area contributed by atoms with E-state index in [1.54, 1.807) is 0 Å². The van der Waals surface area contributed by atoms with Gasteiger partial charge in [-0.15, -0.1) is 0 Å². The topological polar surface area (TPSA) is 77.2 Å². The SMILES string of the molecule is CS(=O)(=O)c1cc(F)cc(C(=O)CN)c1. The summed E-state index contributed by atoms with van der Waals surface area (Å²) in [6.45, 7) is -0.285. The zero-order valence-electron chi connectivity index (χ0n) is 8.03. The highest BCUT2D eigenvalue weighted by Crippen LogP contribution is 2.14. The van der Waals surface area contributed by atoms with Crippen molar-refractivity contribution in [2.24, 2.45) is 5.73 Å². The summed E-state index contributed by atoms with van der Waals surface area (Å²) in [5.74, 6) is -1.27. The highest BCUT2D eigenvalue weighted by molar-refractivity contribution is 7.90. The number of hydrogen-bond donors (Lipinski definition) is 1. The van der Waals surface area contributed by atoms with E-state index >= 15 is 0 Å². The third-order valence-electron chi connectivity index (χ3n) is 1.81. The van der Waals surface area contributed by atoms with Gasteiger partial charge in [0.15, 0.2) is 15.6 Å². The average molecular weight is 231 g/mol. The number of nitrogens with two attached hydrogens (primary N) is 1. The van der Waals surface area contributed by atoms with Crippen molar-refractivity contribution in [3.05, 3.63) is 29.6 Å². The summed E-state index contributed by atoms with van der Waals surface area (Å²) in [5, 5.41) is 0. The number of halogens is 1. The van der Waals surface area contributed by atoms with Gasteiger partial charge >= 0.3 is 0 Å². The van der Waals surface area contributed by atoms with Gasteiger partial charge in [0.05, 0.1) is 11.4 Å². The monoisotopic (exact) mass is 231 g/mol. The number of ketones is 1. The van der Waals surface area contributed by atoms with Gasteiger partial charge in [-0.25, -0.2) is 12.8 Å². The van der Waals surface area contributed by atoms with Crippen LogP contribution in [0.15, 0.2) is 23.1 Å². The van der Waals surface area contributed by atoms with E-state index in [-0.39, 0.29) is 17.0 Å². The first kappa shape index (κ1) is 11.8. The van der Waals surface area contributed by atoms with Crippen molar-refractivity contribution in [3.63, 3.8) is 0 Å². The molecule has 0 bridgehead atoms. The molecule has 0 atom stereocenters. The van der Waals surface area contributed by atoms with Gasteiger partial charge in [0, 0.05) is 11.8 Å². The Kier molecular flexibility index (Phi) is 3.21. The van der Waals surface area contributed by atoms with Gasteiger partial charge in [-0.2, -0.15) is 0 Å². The van der Waals surface area contributed by atoms with Gasteiger partial charge in [-0.05, 0) is 18.2 Å². The van der Waals surface area contributed by atoms with Crippen LogP contribution >= 0.6 is 0 Å². The maximum atomic E-state index is 13.0. The highest BCUT2D eigenvalue weighted by atomic mass is 32.2. The molecular formula is C9H10FNO3S. The summed E-state index contributed by atoms with van der Waals surface area (Å²) in [7, 11) is -3.52. The molecule has 0 spiro atoms. The van der Waals surface area contributed by atoms with Gasteiger partial charge in [0.25, 0.3) is 0 Å². The van der Waals surface area contributed by atoms with Crippen LogP contribution < -0.4 is 5.73 Å². The van der Waals surface area contributed by atoms with Crippen LogP contribution in [0.2, 0.25) is 0 Å². The summed E-state index contributed by atoms with van der Waals surface area (Å²) in [6, 6.07) is 2.94. The minimum Gasteiger partial charge on any atom is -0.324 e. The Morgan fingerprint density at radius 3 is 2.47 bits per heavy atom. The standard InChI is InChI=1S/C9H10FNO3S/c1-15(13,14)8-3-6(9(12)5-11)2-7(10)4-8/h2-4H,5,11H2,1H3. The molecular weight excluding hydrogens is 221 g/mol. The Labute approximate surface area is 86.8 Å². The maximum absolute atomic E-state index is 13.0. The van der Waals surface area contributed by atoms with E-state index in [4.69, 9.17) is 5.73 Å². The molecule has 0 amide bonds. The number of sulfone groups is 1. The largest absolute Gasteiger partial charge is 0.324 e. The minimum atomic E-state index is -3.52. The maximum Gasteiger partial charge on any atom is 0.176 e. The summed E-state index contributed by atoms with van der Waals surface area (Å²) < 4.78 is 35.3. The van der Waals surface area contributed by atoms with Crippen molar-refractivity contribution < 1.29 is 17.6 Å². The predicted octanol–water partition coefficient (Wildman–Crippen LogP) is 0.371. The molecule has 0 aliphatic rings. The van der Waals surface area contributed by atoms with E-state index in [2.05, 4.69) is 0 Å². The molecule has 6 heteroatoms. The Balaban J connectivity index is 3.35. The second kappa shape index (κ2) is 4.08. The van der Waals surface area contributed by atoms with Gasteiger partial charge in [0.2, 0.25) is 0 Å². The van der Waals surface area contributed by atoms with Gasteiger partial charge < -0.3 is 5.73 Å². The third-order valence-corrected chi connectivity index (χ3v) is 2.90. The van der Waals surface area contributed by atoms with E-state index in [1.807, 2.05) is 0 Å². The smallest absolute Gasteiger partial charge is 0.176 e. The molecule has 0 saturated heterocycles. The van der Waals surface area contributed by atoms with Crippen LogP contribution in [-0.2, 0) is 9.84 Å². The van der Waals surface area contributed by atoms with Crippen LogP contribution in [0.25, 0.3) is 0 Å². The fraction of sp³-hybridized carbons (Fsp3) is 0.222. The van der Waals surface area contributed by atoms with Crippen molar-refractivity contribution in [3.8, 4) is 0 Å². The Bertz CT molecular complexity index is 496. The van der Waals surface area contributed by atoms with Crippen LogP contribution in [-0.4, -0.2) is 27.0 Å². The predicted molar refractivity (Wildman–Crippen MR) is 52.9 cm³/mol. The first-order chi connectivity index (χ1) is 6.84. The lowest BCUT2D eigenvalue weighted by Crippen LogP contribution is -2.14. The molecule has 0 aliphatic heterocycles. The summed E-state index contributed by atoms with van der Waals surface area (Å²) in [4.78, 5) is 10.9. The number of hydrogen-bond acceptors (Lipinski definition) is 4. The molecule has 1 aromatic rings. The van der Waals surface area contributed by atoms with E-state index in [0.717, 1.165) is 24.5 Å². The lowest BCUT2D eigenvalue weighted by Gasteiger charge is -2.02. The van der Waals surface area contributed by atoms with Crippen molar-refractivity contribution >= 4 is 15.6 Å². The van der Waals surface area contributed by atoms with Crippen LogP contribution in [0.3, 0.4) is 0 Å². The van der Waals surface area contributed by atoms with Crippen LogP contribution in [0.5, 0.6) is 0 Å². The molecule has 0 fully saturated rings. The number of carbonyl (C=O) groups is 1. The van der Waals surface area contributed by atoms with Gasteiger partial charge in [-0.1, -0.05) is 0 Å². The van der Waals surface area contributed by atoms with Gasteiger partial charge in [0.1, 0.15) is 5.82 Å². The molecule has 0 saturated carbocycles. The Hall–Kier alpha value is -1.27. The molecule has 4 nitrogen and oxygen atoms in total. The molecule has 82 valence electrons. The summed E-state index contributed by atoms with van der Waals surface area (Å²) >= 11 is 0. The number of rotatable bonds is 3. The molecule has 15 heavy (non-hydrogen) atoms. The third kappa shape index (κ3) is 2.84. The Morgan fingerprint density at radius 2 is 2.00 bits per heavy atom. The first-order valence-corrected chi connectivity index (χ1v) is 5.97. The molecule has 1 rings (SSSR count). The van der Waals surface area contributed by atoms with Crippen molar-refractivity contribution in [2.75, 3.05) is 12.8 Å². The van der Waals surface area contributed by atoms with Crippen molar-refractivity contribution in [1.82, 2.24) is 0 Å². The van der Waals surface area contributed by atoms with Crippen molar-refractivity contribution in [2.45, 2.75) is 4.90 Å². The minimum absolute atomic E-state index is 0.0297. The lowest BCUT2D eigenvalue weighted by molar-refractivity contribution is 0.100. The van der Waals surface area contributed by atoms with E-state index in [0.29, 0.717) is 0 Å². The van der Waals surface area contributed by atoms with Gasteiger partial charge in [-0.3, -0.25) is 4.79 Å². The second-order valence-electron chi connectivity index (χ2n) is 3.08. The highest BCUT2D eigenvalue weighted by Gasteiger charge is 2.13. The quantitative estimate of drug-likeness (QED) is 0.762. The average Bonchev–Trinajstić information content (AvgIpc) is 2.14. The molecule has 1 aromatic carbocycles. The summed E-state index contributed by atoms with van der Waals surface area (Å²) in [5.41, 5.74) is 5.06. The van der Waals surface area contributed by atoms with E-state index in [9.17, 15) is 17.6 Å². The molecule has 2 N–H and O–H groups in total. The molecule has 0 aliphatic carbocycles. The molecule has 0 unspecified atom stereocenters. The first-order valence-electron chi connectivity index (χ1n) is 4.08. The fourth-order valence-electron chi connectivity index (χ4n) is 1.06. The van der Waals surface area contributed by atoms with Crippen LogP contribution in [0.4, 0.5) is 4.39 Å². The second-order valence-corrected chi connectivity index (χ2v) is 5.09. The summed E-state index contributed by atoms with van der Waals surface area (Å²) in [6.07, 6.45) is 0.943. The molecule has 0 heterocycles. The zero-order valence-corrected chi connectivity index (χ0v) is 8.84. The van der Waals surface area contributed by atoms with Crippen LogP contribution in [0, 0.1) is 5.82 Å². The normalized spacial score (nSPS) is 11.4. The molecule has 0 aromatic heterocycles. The number of Topliss-reactive ketones (excluding diaryl/α,β-unsaturated/α-hetero) is 1. The van der Waals surface area contributed by atoms with E-state index < -0.39 is 21.4 Å². The number of carbonyl (C=O) groups excluding carboxylic acids is 1. The van der Waals surface area contributed by atoms with Crippen LogP contribution in [0.1, 0.15) is 10.4 Å². The zero-order chi connectivity index (χ0) is 11.6. The fourth-order valence-corrected chi connectivity index (χ4v) is 1.72. The van der Waals surface area contributed by atoms with E-state index in [1.165, 1.54) is 0 Å². The van der Waals surface area contributed by atoms with Crippen molar-refractivity contribution in [1.29, 1.82) is 0 Å².